The zero-order valence-corrected chi connectivity index (χ0v) is 10.5. The Labute approximate surface area is 106 Å². The lowest BCUT2D eigenvalue weighted by molar-refractivity contribution is 0.388. The largest absolute Gasteiger partial charge is 0.376 e. The van der Waals surface area contributed by atoms with Crippen molar-refractivity contribution in [3.63, 3.8) is 0 Å². The van der Waals surface area contributed by atoms with Gasteiger partial charge in [0.2, 0.25) is 0 Å². The molecule has 0 aromatic heterocycles. The summed E-state index contributed by atoms with van der Waals surface area (Å²) in [6.45, 7) is 3.53. The van der Waals surface area contributed by atoms with Crippen molar-refractivity contribution in [3.8, 4) is 0 Å². The molecule has 1 aromatic carbocycles. The van der Waals surface area contributed by atoms with Crippen molar-refractivity contribution in [1.29, 1.82) is 0 Å². The average molecular weight is 256 g/mol. The van der Waals surface area contributed by atoms with Crippen LogP contribution in [0.4, 0.5) is 5.69 Å². The van der Waals surface area contributed by atoms with Crippen molar-refractivity contribution in [2.24, 2.45) is 5.73 Å². The lowest BCUT2D eigenvalue weighted by Gasteiger charge is -2.36. The highest BCUT2D eigenvalue weighted by Crippen LogP contribution is 2.25. The predicted molar refractivity (Wildman–Crippen MR) is 72.0 cm³/mol. The number of halogens is 1. The smallest absolute Gasteiger partial charge is 0.166 e. The molecule has 1 saturated heterocycles. The first-order valence-electron chi connectivity index (χ1n) is 5.22. The second-order valence-corrected chi connectivity index (χ2v) is 4.59. The number of piperazine rings is 1. The Morgan fingerprint density at radius 2 is 1.81 bits per heavy atom. The maximum Gasteiger partial charge on any atom is 0.166 e. The van der Waals surface area contributed by atoms with Gasteiger partial charge in [0, 0.05) is 26.2 Å². The topological polar surface area (TPSA) is 32.5 Å². The summed E-state index contributed by atoms with van der Waals surface area (Å²) in [6.07, 6.45) is 0. The lowest BCUT2D eigenvalue weighted by Crippen LogP contribution is -2.50. The van der Waals surface area contributed by atoms with Crippen LogP contribution in [0.25, 0.3) is 0 Å². The van der Waals surface area contributed by atoms with Crippen LogP contribution in [0.2, 0.25) is 5.02 Å². The molecule has 0 atom stereocenters. The normalized spacial score (nSPS) is 16.3. The van der Waals surface area contributed by atoms with Crippen LogP contribution in [-0.4, -0.2) is 36.2 Å². The third-order valence-electron chi connectivity index (χ3n) is 2.78. The molecule has 0 aliphatic carbocycles. The van der Waals surface area contributed by atoms with Crippen LogP contribution >= 0.6 is 23.8 Å². The molecule has 0 bridgehead atoms. The van der Waals surface area contributed by atoms with E-state index in [0.717, 1.165) is 36.9 Å². The molecule has 1 aliphatic heterocycles. The molecule has 1 heterocycles. The summed E-state index contributed by atoms with van der Waals surface area (Å²) in [7, 11) is 0. The Morgan fingerprint density at radius 3 is 2.38 bits per heavy atom. The molecule has 2 N–H and O–H groups in total. The molecule has 16 heavy (non-hydrogen) atoms. The standard InChI is InChI=1S/C11H14ClN3S/c12-9-3-1-2-4-10(9)14-5-7-15(8-6-14)11(13)16/h1-4H,5-8H2,(H2,13,16). The summed E-state index contributed by atoms with van der Waals surface area (Å²) >= 11 is 11.1. The molecule has 0 saturated carbocycles. The first-order valence-corrected chi connectivity index (χ1v) is 6.01. The van der Waals surface area contributed by atoms with Crippen molar-refractivity contribution in [2.75, 3.05) is 31.1 Å². The van der Waals surface area contributed by atoms with Crippen molar-refractivity contribution < 1.29 is 0 Å². The third kappa shape index (κ3) is 2.39. The summed E-state index contributed by atoms with van der Waals surface area (Å²) in [5.41, 5.74) is 6.68. The van der Waals surface area contributed by atoms with Crippen LogP contribution in [0.3, 0.4) is 0 Å². The molecule has 0 radical (unpaired) electrons. The number of benzene rings is 1. The molecule has 5 heteroatoms. The van der Waals surface area contributed by atoms with Crippen LogP contribution in [0.5, 0.6) is 0 Å². The zero-order chi connectivity index (χ0) is 11.5. The van der Waals surface area contributed by atoms with E-state index in [9.17, 15) is 0 Å². The SMILES string of the molecule is NC(=S)N1CCN(c2ccccc2Cl)CC1. The van der Waals surface area contributed by atoms with Crippen LogP contribution in [0, 0.1) is 0 Å². The molecule has 3 nitrogen and oxygen atoms in total. The molecule has 86 valence electrons. The zero-order valence-electron chi connectivity index (χ0n) is 8.90. The van der Waals surface area contributed by atoms with Gasteiger partial charge in [0.15, 0.2) is 5.11 Å². The summed E-state index contributed by atoms with van der Waals surface area (Å²) in [6, 6.07) is 7.90. The first-order chi connectivity index (χ1) is 7.68. The molecule has 0 amide bonds. The average Bonchev–Trinajstić information content (AvgIpc) is 2.30. The fraction of sp³-hybridized carbons (Fsp3) is 0.364. The van der Waals surface area contributed by atoms with Gasteiger partial charge >= 0.3 is 0 Å². The first kappa shape index (κ1) is 11.5. The second kappa shape index (κ2) is 4.89. The maximum absolute atomic E-state index is 6.15. The Balaban J connectivity index is 2.05. The molecule has 0 unspecified atom stereocenters. The highest BCUT2D eigenvalue weighted by molar-refractivity contribution is 7.80. The molecule has 2 rings (SSSR count). The van der Waals surface area contributed by atoms with Crippen LogP contribution in [-0.2, 0) is 0 Å². The van der Waals surface area contributed by atoms with E-state index in [2.05, 4.69) is 4.90 Å². The molecule has 1 aliphatic rings. The highest BCUT2D eigenvalue weighted by atomic mass is 35.5. The maximum atomic E-state index is 6.15. The van der Waals surface area contributed by atoms with Gasteiger partial charge < -0.3 is 15.5 Å². The van der Waals surface area contributed by atoms with Crippen molar-refractivity contribution in [3.05, 3.63) is 29.3 Å². The lowest BCUT2D eigenvalue weighted by atomic mass is 10.2. The van der Waals surface area contributed by atoms with Crippen molar-refractivity contribution in [2.45, 2.75) is 0 Å². The van der Waals surface area contributed by atoms with Gasteiger partial charge in [-0.15, -0.1) is 0 Å². The quantitative estimate of drug-likeness (QED) is 0.775. The van der Waals surface area contributed by atoms with E-state index >= 15 is 0 Å². The summed E-state index contributed by atoms with van der Waals surface area (Å²) < 4.78 is 0. The van der Waals surface area contributed by atoms with E-state index in [1.807, 2.05) is 29.2 Å². The van der Waals surface area contributed by atoms with Gasteiger partial charge in [0.1, 0.15) is 0 Å². The van der Waals surface area contributed by atoms with Gasteiger partial charge in [0.25, 0.3) is 0 Å². The minimum atomic E-state index is 0.485. The number of rotatable bonds is 1. The van der Waals surface area contributed by atoms with E-state index < -0.39 is 0 Å². The van der Waals surface area contributed by atoms with Crippen LogP contribution < -0.4 is 10.6 Å². The highest BCUT2D eigenvalue weighted by Gasteiger charge is 2.18. The van der Waals surface area contributed by atoms with Gasteiger partial charge in [0.05, 0.1) is 10.7 Å². The number of anilines is 1. The second-order valence-electron chi connectivity index (χ2n) is 3.76. The monoisotopic (exact) mass is 255 g/mol. The van der Waals surface area contributed by atoms with Gasteiger partial charge in [-0.1, -0.05) is 23.7 Å². The van der Waals surface area contributed by atoms with E-state index in [-0.39, 0.29) is 0 Å². The number of para-hydroxylation sites is 1. The fourth-order valence-electron chi connectivity index (χ4n) is 1.88. The van der Waals surface area contributed by atoms with E-state index in [1.54, 1.807) is 0 Å². The Kier molecular flexibility index (Phi) is 3.51. The number of nitrogens with two attached hydrogens (primary N) is 1. The van der Waals surface area contributed by atoms with Gasteiger partial charge in [-0.3, -0.25) is 0 Å². The fourth-order valence-corrected chi connectivity index (χ4v) is 2.31. The van der Waals surface area contributed by atoms with Crippen molar-refractivity contribution in [1.82, 2.24) is 4.90 Å². The molecule has 0 spiro atoms. The minimum Gasteiger partial charge on any atom is -0.376 e. The minimum absolute atomic E-state index is 0.485. The van der Waals surface area contributed by atoms with Crippen LogP contribution in [0.15, 0.2) is 24.3 Å². The molecular weight excluding hydrogens is 242 g/mol. The molecular formula is C11H14ClN3S. The summed E-state index contributed by atoms with van der Waals surface area (Å²) in [5, 5.41) is 1.28. The van der Waals surface area contributed by atoms with Gasteiger partial charge in [-0.2, -0.15) is 0 Å². The Morgan fingerprint density at radius 1 is 1.19 bits per heavy atom. The molecule has 1 fully saturated rings. The van der Waals surface area contributed by atoms with E-state index in [0.29, 0.717) is 5.11 Å². The Hall–Kier alpha value is -1.00. The van der Waals surface area contributed by atoms with E-state index in [1.165, 1.54) is 0 Å². The van der Waals surface area contributed by atoms with Crippen molar-refractivity contribution >= 4 is 34.6 Å². The number of hydrogen-bond acceptors (Lipinski definition) is 2. The van der Waals surface area contributed by atoms with E-state index in [4.69, 9.17) is 29.6 Å². The predicted octanol–water partition coefficient (Wildman–Crippen LogP) is 1.71. The molecule has 1 aromatic rings. The third-order valence-corrected chi connectivity index (χ3v) is 3.36. The van der Waals surface area contributed by atoms with Gasteiger partial charge in [-0.05, 0) is 24.4 Å². The van der Waals surface area contributed by atoms with Gasteiger partial charge in [-0.25, -0.2) is 0 Å². The number of hydrogen-bond donors (Lipinski definition) is 1. The van der Waals surface area contributed by atoms with Crippen LogP contribution in [0.1, 0.15) is 0 Å². The number of thiocarbonyl (C=S) groups is 1. The summed E-state index contributed by atoms with van der Waals surface area (Å²) in [4.78, 5) is 4.28. The Bertz CT molecular complexity index is 389. The number of nitrogens with zero attached hydrogens (tertiary/aromatic N) is 2. The summed E-state index contributed by atoms with van der Waals surface area (Å²) in [5.74, 6) is 0.